The van der Waals surface area contributed by atoms with E-state index >= 15 is 0 Å². The molecule has 0 saturated heterocycles. The zero-order valence-corrected chi connectivity index (χ0v) is 11.4. The fourth-order valence-electron chi connectivity index (χ4n) is 2.98. The maximum atomic E-state index is 9.01. The lowest BCUT2D eigenvalue weighted by molar-refractivity contribution is 0.254. The summed E-state index contributed by atoms with van der Waals surface area (Å²) >= 11 is 0. The summed E-state index contributed by atoms with van der Waals surface area (Å²) in [6.07, 6.45) is 6.78. The maximum absolute atomic E-state index is 9.01. The topological polar surface area (TPSA) is 32.3 Å². The summed E-state index contributed by atoms with van der Waals surface area (Å²) in [6.45, 7) is 3.39. The SMILES string of the molecule is CCC1CCCCC1NCc1ccc(CO)cc1. The molecule has 1 fully saturated rings. The van der Waals surface area contributed by atoms with E-state index in [0.717, 1.165) is 18.0 Å². The second-order valence-electron chi connectivity index (χ2n) is 5.41. The summed E-state index contributed by atoms with van der Waals surface area (Å²) in [5, 5.41) is 12.7. The normalized spacial score (nSPS) is 24.1. The van der Waals surface area contributed by atoms with Gasteiger partial charge in [-0.25, -0.2) is 0 Å². The third kappa shape index (κ3) is 3.56. The first-order valence-electron chi connectivity index (χ1n) is 7.25. The lowest BCUT2D eigenvalue weighted by atomic mass is 9.83. The smallest absolute Gasteiger partial charge is 0.0681 e. The van der Waals surface area contributed by atoms with E-state index in [1.165, 1.54) is 37.7 Å². The second kappa shape index (κ2) is 6.91. The van der Waals surface area contributed by atoms with Crippen LogP contribution in [0.25, 0.3) is 0 Å². The molecular formula is C16H25NO. The minimum Gasteiger partial charge on any atom is -0.392 e. The molecule has 18 heavy (non-hydrogen) atoms. The Kier molecular flexibility index (Phi) is 5.21. The van der Waals surface area contributed by atoms with Crippen LogP contribution in [0.1, 0.15) is 50.2 Å². The highest BCUT2D eigenvalue weighted by Gasteiger charge is 2.22. The molecule has 0 bridgehead atoms. The molecule has 0 aromatic heterocycles. The van der Waals surface area contributed by atoms with Gasteiger partial charge in [0.2, 0.25) is 0 Å². The highest BCUT2D eigenvalue weighted by molar-refractivity contribution is 5.21. The first kappa shape index (κ1) is 13.6. The molecule has 2 unspecified atom stereocenters. The number of hydrogen-bond donors (Lipinski definition) is 2. The van der Waals surface area contributed by atoms with Crippen molar-refractivity contribution in [2.24, 2.45) is 5.92 Å². The largest absolute Gasteiger partial charge is 0.392 e. The summed E-state index contributed by atoms with van der Waals surface area (Å²) in [6, 6.07) is 8.94. The maximum Gasteiger partial charge on any atom is 0.0681 e. The molecule has 0 aliphatic heterocycles. The third-order valence-electron chi connectivity index (χ3n) is 4.21. The Balaban J connectivity index is 1.85. The highest BCUT2D eigenvalue weighted by atomic mass is 16.3. The van der Waals surface area contributed by atoms with E-state index in [9.17, 15) is 0 Å². The van der Waals surface area contributed by atoms with E-state index in [2.05, 4.69) is 24.4 Å². The first-order valence-corrected chi connectivity index (χ1v) is 7.25. The van der Waals surface area contributed by atoms with Crippen LogP contribution >= 0.6 is 0 Å². The number of benzene rings is 1. The van der Waals surface area contributed by atoms with Crippen LogP contribution in [0.3, 0.4) is 0 Å². The van der Waals surface area contributed by atoms with Gasteiger partial charge in [-0.3, -0.25) is 0 Å². The van der Waals surface area contributed by atoms with Gasteiger partial charge in [0.15, 0.2) is 0 Å². The van der Waals surface area contributed by atoms with Crippen LogP contribution in [0, 0.1) is 5.92 Å². The van der Waals surface area contributed by atoms with Crippen molar-refractivity contribution in [1.29, 1.82) is 0 Å². The van der Waals surface area contributed by atoms with Crippen molar-refractivity contribution in [3.8, 4) is 0 Å². The van der Waals surface area contributed by atoms with Crippen LogP contribution in [0.4, 0.5) is 0 Å². The van der Waals surface area contributed by atoms with E-state index in [4.69, 9.17) is 5.11 Å². The van der Waals surface area contributed by atoms with Crippen LogP contribution < -0.4 is 5.32 Å². The van der Waals surface area contributed by atoms with Gasteiger partial charge in [0.25, 0.3) is 0 Å². The van der Waals surface area contributed by atoms with E-state index in [-0.39, 0.29) is 6.61 Å². The standard InChI is InChI=1S/C16H25NO/c1-2-15-5-3-4-6-16(15)17-11-13-7-9-14(12-18)10-8-13/h7-10,15-18H,2-6,11-12H2,1H3. The lowest BCUT2D eigenvalue weighted by Crippen LogP contribution is -2.37. The lowest BCUT2D eigenvalue weighted by Gasteiger charge is -2.31. The van der Waals surface area contributed by atoms with Gasteiger partial charge in [-0.15, -0.1) is 0 Å². The van der Waals surface area contributed by atoms with Gasteiger partial charge in [-0.2, -0.15) is 0 Å². The van der Waals surface area contributed by atoms with Gasteiger partial charge >= 0.3 is 0 Å². The quantitative estimate of drug-likeness (QED) is 0.837. The Morgan fingerprint density at radius 3 is 2.44 bits per heavy atom. The van der Waals surface area contributed by atoms with Crippen molar-refractivity contribution >= 4 is 0 Å². The fraction of sp³-hybridized carbons (Fsp3) is 0.625. The number of rotatable bonds is 5. The van der Waals surface area contributed by atoms with Crippen molar-refractivity contribution in [3.05, 3.63) is 35.4 Å². The second-order valence-corrected chi connectivity index (χ2v) is 5.41. The predicted octanol–water partition coefficient (Wildman–Crippen LogP) is 3.24. The third-order valence-corrected chi connectivity index (χ3v) is 4.21. The average molecular weight is 247 g/mol. The van der Waals surface area contributed by atoms with Crippen LogP contribution in [0.2, 0.25) is 0 Å². The molecule has 0 amide bonds. The molecule has 0 heterocycles. The molecule has 1 aromatic carbocycles. The van der Waals surface area contributed by atoms with Crippen molar-refractivity contribution < 1.29 is 5.11 Å². The Labute approximate surface area is 110 Å². The highest BCUT2D eigenvalue weighted by Crippen LogP contribution is 2.26. The molecule has 0 spiro atoms. The number of aliphatic hydroxyl groups is 1. The molecule has 2 rings (SSSR count). The Hall–Kier alpha value is -0.860. The first-order chi connectivity index (χ1) is 8.83. The van der Waals surface area contributed by atoms with Gasteiger partial charge in [0.05, 0.1) is 6.61 Å². The summed E-state index contributed by atoms with van der Waals surface area (Å²) in [5.41, 5.74) is 2.30. The van der Waals surface area contributed by atoms with Crippen molar-refractivity contribution in [1.82, 2.24) is 5.32 Å². The molecule has 2 atom stereocenters. The zero-order valence-electron chi connectivity index (χ0n) is 11.4. The van der Waals surface area contributed by atoms with Crippen molar-refractivity contribution in [2.75, 3.05) is 0 Å². The molecule has 2 nitrogen and oxygen atoms in total. The van der Waals surface area contributed by atoms with E-state index in [0.29, 0.717) is 6.04 Å². The van der Waals surface area contributed by atoms with E-state index in [1.807, 2.05) is 12.1 Å². The number of aliphatic hydroxyl groups excluding tert-OH is 1. The average Bonchev–Trinajstić information content (AvgIpc) is 2.46. The van der Waals surface area contributed by atoms with Gasteiger partial charge < -0.3 is 10.4 Å². The summed E-state index contributed by atoms with van der Waals surface area (Å²) in [4.78, 5) is 0. The Morgan fingerprint density at radius 2 is 1.78 bits per heavy atom. The molecule has 2 N–H and O–H groups in total. The van der Waals surface area contributed by atoms with Gasteiger partial charge in [-0.1, -0.05) is 50.5 Å². The van der Waals surface area contributed by atoms with E-state index < -0.39 is 0 Å². The van der Waals surface area contributed by atoms with Crippen LogP contribution in [-0.4, -0.2) is 11.1 Å². The molecule has 1 saturated carbocycles. The molecule has 1 aromatic rings. The molecule has 1 aliphatic rings. The predicted molar refractivity (Wildman–Crippen MR) is 75.2 cm³/mol. The fourth-order valence-corrected chi connectivity index (χ4v) is 2.98. The molecule has 100 valence electrons. The number of hydrogen-bond acceptors (Lipinski definition) is 2. The van der Waals surface area contributed by atoms with Crippen molar-refractivity contribution in [2.45, 2.75) is 58.2 Å². The van der Waals surface area contributed by atoms with Gasteiger partial charge in [0, 0.05) is 12.6 Å². The summed E-state index contributed by atoms with van der Waals surface area (Å²) in [5.74, 6) is 0.857. The molecule has 1 aliphatic carbocycles. The Morgan fingerprint density at radius 1 is 1.11 bits per heavy atom. The minimum absolute atomic E-state index is 0.133. The van der Waals surface area contributed by atoms with Crippen LogP contribution in [0.15, 0.2) is 24.3 Å². The number of nitrogens with one attached hydrogen (secondary N) is 1. The summed E-state index contributed by atoms with van der Waals surface area (Å²) in [7, 11) is 0. The zero-order chi connectivity index (χ0) is 12.8. The van der Waals surface area contributed by atoms with E-state index in [1.54, 1.807) is 0 Å². The van der Waals surface area contributed by atoms with Gasteiger partial charge in [-0.05, 0) is 29.9 Å². The molecule has 0 radical (unpaired) electrons. The van der Waals surface area contributed by atoms with Crippen LogP contribution in [0.5, 0.6) is 0 Å². The summed E-state index contributed by atoms with van der Waals surface area (Å²) < 4.78 is 0. The van der Waals surface area contributed by atoms with Crippen LogP contribution in [-0.2, 0) is 13.2 Å². The molecular weight excluding hydrogens is 222 g/mol. The Bertz CT molecular complexity index is 347. The van der Waals surface area contributed by atoms with Gasteiger partial charge in [0.1, 0.15) is 0 Å². The minimum atomic E-state index is 0.133. The van der Waals surface area contributed by atoms with Crippen molar-refractivity contribution in [3.63, 3.8) is 0 Å². The monoisotopic (exact) mass is 247 g/mol. The molecule has 2 heteroatoms.